The van der Waals surface area contributed by atoms with E-state index in [-0.39, 0.29) is 11.7 Å². The molecule has 0 radical (unpaired) electrons. The molecule has 5 rings (SSSR count). The van der Waals surface area contributed by atoms with Crippen LogP contribution in [0.25, 0.3) is 11.0 Å². The largest absolute Gasteiger partial charge is 0.366 e. The van der Waals surface area contributed by atoms with Gasteiger partial charge in [-0.3, -0.25) is 4.79 Å². The molecule has 1 aromatic heterocycles. The molecule has 144 valence electrons. The minimum atomic E-state index is -0.338. The molecule has 2 aliphatic heterocycles. The minimum absolute atomic E-state index is 0.0599. The van der Waals surface area contributed by atoms with Crippen LogP contribution in [-0.4, -0.2) is 53.5 Å². The van der Waals surface area contributed by atoms with E-state index in [9.17, 15) is 9.18 Å². The Hall–Kier alpha value is -2.93. The number of anilines is 1. The lowest BCUT2D eigenvalue weighted by molar-refractivity contribution is 0.0745. The Morgan fingerprint density at radius 2 is 2.00 bits per heavy atom. The highest BCUT2D eigenvalue weighted by atomic mass is 19.1. The first-order valence-electron chi connectivity index (χ1n) is 9.69. The number of hydrogen-bond donors (Lipinski definition) is 2. The standard InChI is InChI=1S/C21H22FN5O/c22-15-10-14-12-23-5-4-16(14)17(11-15)21(28)27-8-6-26(7-9-27)19-3-1-2-18-20(19)25-13-24-18/h1-3,10-11,13,23H,4-9,12H2,(H,24,25). The first kappa shape index (κ1) is 17.2. The monoisotopic (exact) mass is 379 g/mol. The molecule has 28 heavy (non-hydrogen) atoms. The van der Waals surface area contributed by atoms with Gasteiger partial charge >= 0.3 is 0 Å². The second kappa shape index (κ2) is 6.91. The second-order valence-corrected chi connectivity index (χ2v) is 7.37. The number of amides is 1. The summed E-state index contributed by atoms with van der Waals surface area (Å²) in [5.74, 6) is -0.398. The maximum absolute atomic E-state index is 14.1. The molecule has 1 fully saturated rings. The molecule has 3 aromatic rings. The molecule has 0 atom stereocenters. The highest BCUT2D eigenvalue weighted by Crippen LogP contribution is 2.26. The second-order valence-electron chi connectivity index (χ2n) is 7.37. The van der Waals surface area contributed by atoms with E-state index in [0.29, 0.717) is 25.2 Å². The molecule has 2 N–H and O–H groups in total. The lowest BCUT2D eigenvalue weighted by Crippen LogP contribution is -2.49. The molecule has 1 saturated heterocycles. The van der Waals surface area contributed by atoms with Crippen LogP contribution in [0.5, 0.6) is 0 Å². The number of rotatable bonds is 2. The van der Waals surface area contributed by atoms with Gasteiger partial charge in [-0.2, -0.15) is 0 Å². The van der Waals surface area contributed by atoms with Crippen molar-refractivity contribution >= 4 is 22.6 Å². The third-order valence-corrected chi connectivity index (χ3v) is 5.74. The van der Waals surface area contributed by atoms with Crippen LogP contribution in [0.1, 0.15) is 21.5 Å². The summed E-state index contributed by atoms with van der Waals surface area (Å²) in [6.07, 6.45) is 2.47. The molecule has 0 spiro atoms. The number of aromatic amines is 1. The number of halogens is 1. The van der Waals surface area contributed by atoms with Gasteiger partial charge in [0, 0.05) is 38.3 Å². The summed E-state index contributed by atoms with van der Waals surface area (Å²) in [7, 11) is 0. The Morgan fingerprint density at radius 3 is 2.86 bits per heavy atom. The molecule has 6 nitrogen and oxygen atoms in total. The van der Waals surface area contributed by atoms with Crippen molar-refractivity contribution in [3.05, 3.63) is 59.2 Å². The molecule has 0 aliphatic carbocycles. The minimum Gasteiger partial charge on any atom is -0.366 e. The zero-order chi connectivity index (χ0) is 19.1. The fourth-order valence-electron chi connectivity index (χ4n) is 4.30. The number of aromatic nitrogens is 2. The van der Waals surface area contributed by atoms with Gasteiger partial charge in [-0.1, -0.05) is 6.07 Å². The van der Waals surface area contributed by atoms with Crippen LogP contribution in [0, 0.1) is 5.82 Å². The molecule has 3 heterocycles. The Balaban J connectivity index is 1.35. The Kier molecular flexibility index (Phi) is 4.24. The Labute approximate surface area is 162 Å². The fraction of sp³-hybridized carbons (Fsp3) is 0.333. The lowest BCUT2D eigenvalue weighted by Gasteiger charge is -2.36. The number of carbonyl (C=O) groups excluding carboxylic acids is 1. The van der Waals surface area contributed by atoms with Crippen LogP contribution in [0.15, 0.2) is 36.7 Å². The summed E-state index contributed by atoms with van der Waals surface area (Å²) in [5, 5.41) is 3.24. The average molecular weight is 379 g/mol. The Bertz CT molecular complexity index is 1040. The Morgan fingerprint density at radius 1 is 1.14 bits per heavy atom. The topological polar surface area (TPSA) is 64.3 Å². The summed E-state index contributed by atoms with van der Waals surface area (Å²) in [4.78, 5) is 24.8. The lowest BCUT2D eigenvalue weighted by atomic mass is 9.94. The van der Waals surface area contributed by atoms with Crippen molar-refractivity contribution in [2.45, 2.75) is 13.0 Å². The number of H-pyrrole nitrogens is 1. The third kappa shape index (κ3) is 2.92. The first-order chi connectivity index (χ1) is 13.7. The van der Waals surface area contributed by atoms with Crippen LogP contribution in [-0.2, 0) is 13.0 Å². The molecule has 0 saturated carbocycles. The summed E-state index contributed by atoms with van der Waals surface area (Å²) >= 11 is 0. The molecule has 0 unspecified atom stereocenters. The maximum atomic E-state index is 14.1. The van der Waals surface area contributed by atoms with Crippen LogP contribution in [0.2, 0.25) is 0 Å². The quantitative estimate of drug-likeness (QED) is 0.717. The SMILES string of the molecule is O=C(c1cc(F)cc2c1CCNC2)N1CCN(c2cccc3[nH]cnc23)CC1. The normalized spacial score (nSPS) is 17.0. The van der Waals surface area contributed by atoms with Crippen molar-refractivity contribution in [2.24, 2.45) is 0 Å². The van der Waals surface area contributed by atoms with E-state index in [0.717, 1.165) is 53.9 Å². The predicted octanol–water partition coefficient (Wildman–Crippen LogP) is 2.31. The number of para-hydroxylation sites is 1. The number of nitrogens with one attached hydrogen (secondary N) is 2. The third-order valence-electron chi connectivity index (χ3n) is 5.74. The summed E-state index contributed by atoms with van der Waals surface area (Å²) in [6, 6.07) is 9.04. The van der Waals surface area contributed by atoms with Gasteiger partial charge in [0.2, 0.25) is 0 Å². The first-order valence-corrected chi connectivity index (χ1v) is 9.69. The molecule has 0 bridgehead atoms. The van der Waals surface area contributed by atoms with E-state index in [1.54, 1.807) is 12.4 Å². The van der Waals surface area contributed by atoms with Crippen LogP contribution in [0.3, 0.4) is 0 Å². The number of piperazine rings is 1. The highest BCUT2D eigenvalue weighted by Gasteiger charge is 2.27. The van der Waals surface area contributed by atoms with Gasteiger partial charge in [-0.25, -0.2) is 9.37 Å². The van der Waals surface area contributed by atoms with E-state index in [2.05, 4.69) is 26.3 Å². The molecular weight excluding hydrogens is 357 g/mol. The molecule has 2 aliphatic rings. The van der Waals surface area contributed by atoms with Gasteiger partial charge in [0.05, 0.1) is 17.5 Å². The van der Waals surface area contributed by atoms with Gasteiger partial charge in [0.1, 0.15) is 11.3 Å². The number of imidazole rings is 1. The van der Waals surface area contributed by atoms with Gasteiger partial charge < -0.3 is 20.1 Å². The molecular formula is C21H22FN5O. The highest BCUT2D eigenvalue weighted by molar-refractivity contribution is 5.96. The molecule has 1 amide bonds. The predicted molar refractivity (Wildman–Crippen MR) is 106 cm³/mol. The van der Waals surface area contributed by atoms with Crippen molar-refractivity contribution in [3.8, 4) is 0 Å². The number of benzene rings is 2. The van der Waals surface area contributed by atoms with Crippen LogP contribution in [0.4, 0.5) is 10.1 Å². The molecule has 7 heteroatoms. The van der Waals surface area contributed by atoms with E-state index >= 15 is 0 Å². The van der Waals surface area contributed by atoms with Crippen molar-refractivity contribution < 1.29 is 9.18 Å². The van der Waals surface area contributed by atoms with Crippen molar-refractivity contribution in [2.75, 3.05) is 37.6 Å². The molecule has 2 aromatic carbocycles. The van der Waals surface area contributed by atoms with Crippen LogP contribution >= 0.6 is 0 Å². The van der Waals surface area contributed by atoms with E-state index in [1.165, 1.54) is 6.07 Å². The van der Waals surface area contributed by atoms with Gasteiger partial charge in [-0.05, 0) is 48.4 Å². The van der Waals surface area contributed by atoms with E-state index in [4.69, 9.17) is 0 Å². The zero-order valence-corrected chi connectivity index (χ0v) is 15.5. The summed E-state index contributed by atoms with van der Waals surface area (Å²) in [6.45, 7) is 4.13. The fourth-order valence-corrected chi connectivity index (χ4v) is 4.30. The van der Waals surface area contributed by atoms with Gasteiger partial charge in [0.15, 0.2) is 0 Å². The number of hydrogen-bond acceptors (Lipinski definition) is 4. The van der Waals surface area contributed by atoms with Gasteiger partial charge in [0.25, 0.3) is 5.91 Å². The van der Waals surface area contributed by atoms with Crippen molar-refractivity contribution in [1.29, 1.82) is 0 Å². The number of carbonyl (C=O) groups is 1. The zero-order valence-electron chi connectivity index (χ0n) is 15.5. The maximum Gasteiger partial charge on any atom is 0.254 e. The summed E-state index contributed by atoms with van der Waals surface area (Å²) in [5.41, 5.74) is 5.47. The van der Waals surface area contributed by atoms with Crippen molar-refractivity contribution in [1.82, 2.24) is 20.2 Å². The smallest absolute Gasteiger partial charge is 0.254 e. The van der Waals surface area contributed by atoms with Crippen molar-refractivity contribution in [3.63, 3.8) is 0 Å². The van der Waals surface area contributed by atoms with Crippen LogP contribution < -0.4 is 10.2 Å². The van der Waals surface area contributed by atoms with E-state index in [1.807, 2.05) is 17.0 Å². The van der Waals surface area contributed by atoms with E-state index < -0.39 is 0 Å². The summed E-state index contributed by atoms with van der Waals surface area (Å²) < 4.78 is 14.1. The average Bonchev–Trinajstić information content (AvgIpc) is 3.22. The number of nitrogens with zero attached hydrogens (tertiary/aromatic N) is 3. The number of fused-ring (bicyclic) bond motifs is 2. The van der Waals surface area contributed by atoms with Gasteiger partial charge in [-0.15, -0.1) is 0 Å².